The van der Waals surface area contributed by atoms with E-state index in [1.54, 1.807) is 12.3 Å². The van der Waals surface area contributed by atoms with Crippen LogP contribution in [0.15, 0.2) is 35.6 Å². The molecule has 6 nitrogen and oxygen atoms in total. The number of alkyl halides is 3. The molecule has 0 radical (unpaired) electrons. The predicted octanol–water partition coefficient (Wildman–Crippen LogP) is 1.90. The van der Waals surface area contributed by atoms with Crippen molar-refractivity contribution in [3.8, 4) is 5.75 Å². The van der Waals surface area contributed by atoms with Crippen molar-refractivity contribution in [1.82, 2.24) is 15.0 Å². The van der Waals surface area contributed by atoms with Crippen LogP contribution in [-0.4, -0.2) is 38.5 Å². The number of pyridine rings is 1. The average molecular weight is 480 g/mol. The summed E-state index contributed by atoms with van der Waals surface area (Å²) in [6, 6.07) is 4.90. The molecule has 2 unspecified atom stereocenters. The molecule has 2 heterocycles. The van der Waals surface area contributed by atoms with E-state index in [2.05, 4.69) is 15.0 Å². The summed E-state index contributed by atoms with van der Waals surface area (Å²) in [5, 5.41) is 0.101. The zero-order chi connectivity index (χ0) is 22.6. The summed E-state index contributed by atoms with van der Waals surface area (Å²) < 4.78 is 62.8. The van der Waals surface area contributed by atoms with Gasteiger partial charge in [0.25, 0.3) is 0 Å². The van der Waals surface area contributed by atoms with Crippen molar-refractivity contribution >= 4 is 21.8 Å². The molecule has 0 fully saturated rings. The Morgan fingerprint density at radius 1 is 1.25 bits per heavy atom. The molecule has 0 aliphatic heterocycles. The number of hydrogen-bond donors (Lipinski definition) is 1. The van der Waals surface area contributed by atoms with Crippen LogP contribution in [-0.2, 0) is 27.5 Å². The average Bonchev–Trinajstić information content (AvgIpc) is 3.16. The van der Waals surface area contributed by atoms with Crippen LogP contribution in [0.3, 0.4) is 0 Å². The van der Waals surface area contributed by atoms with Gasteiger partial charge in [0.15, 0.2) is 5.16 Å². The van der Waals surface area contributed by atoms with Gasteiger partial charge in [0.2, 0.25) is 0 Å². The molecule has 32 heavy (non-hydrogen) atoms. The fraction of sp³-hybridized carbons (Fsp3) is 0.429. The second-order valence-corrected chi connectivity index (χ2v) is 8.45. The largest absolute Gasteiger partial charge is 1.00 e. The van der Waals surface area contributed by atoms with Crippen LogP contribution in [0.25, 0.3) is 11.0 Å². The molecule has 3 aromatic rings. The predicted molar refractivity (Wildman–Crippen MR) is 112 cm³/mol. The van der Waals surface area contributed by atoms with Gasteiger partial charge < -0.3 is 15.9 Å². The van der Waals surface area contributed by atoms with Crippen LogP contribution in [0.4, 0.5) is 13.2 Å². The molecule has 3 rings (SSSR count). The summed E-state index contributed by atoms with van der Waals surface area (Å²) >= 11 is 0. The smallest absolute Gasteiger partial charge is 1.00 e. The van der Waals surface area contributed by atoms with E-state index in [1.807, 2.05) is 20.8 Å². The summed E-state index contributed by atoms with van der Waals surface area (Å²) in [5.74, 6) is 0.674. The Bertz CT molecular complexity index is 1080. The first-order chi connectivity index (χ1) is 14.7. The van der Waals surface area contributed by atoms with E-state index < -0.39 is 22.5 Å². The van der Waals surface area contributed by atoms with Crippen LogP contribution in [0, 0.1) is 6.92 Å². The molecule has 1 N–H and O–H groups in total. The van der Waals surface area contributed by atoms with Gasteiger partial charge in [-0.1, -0.05) is 6.92 Å². The number of fused-ring (bicyclic) bond motifs is 1. The Hall–Kier alpha value is -1.46. The Balaban J connectivity index is 0.00000272. The van der Waals surface area contributed by atoms with Gasteiger partial charge >= 0.3 is 35.7 Å². The first kappa shape index (κ1) is 26.8. The number of aromatic nitrogens is 3. The van der Waals surface area contributed by atoms with E-state index in [9.17, 15) is 17.4 Å². The van der Waals surface area contributed by atoms with Crippen molar-refractivity contribution in [2.45, 2.75) is 50.4 Å². The van der Waals surface area contributed by atoms with Crippen molar-refractivity contribution in [2.24, 2.45) is 0 Å². The minimum atomic E-state index is -4.46. The van der Waals surface area contributed by atoms with Crippen molar-refractivity contribution in [1.29, 1.82) is 0 Å². The molecule has 0 saturated heterocycles. The quantitative estimate of drug-likeness (QED) is 0.375. The topological polar surface area (TPSA) is 77.1 Å². The van der Waals surface area contributed by atoms with E-state index in [-0.39, 0.29) is 53.5 Å². The Labute approximate surface area is 210 Å². The van der Waals surface area contributed by atoms with Crippen LogP contribution < -0.4 is 34.3 Å². The fourth-order valence-electron chi connectivity index (χ4n) is 2.84. The number of benzene rings is 1. The first-order valence-electron chi connectivity index (χ1n) is 9.83. The third-order valence-corrected chi connectivity index (χ3v) is 6.01. The molecule has 0 aliphatic carbocycles. The maximum absolute atomic E-state index is 12.9. The van der Waals surface area contributed by atoms with Gasteiger partial charge in [0.1, 0.15) is 12.4 Å². The summed E-state index contributed by atoms with van der Waals surface area (Å²) in [4.78, 5) is 11.2. The molecule has 0 aliphatic rings. The number of halogens is 3. The van der Waals surface area contributed by atoms with Gasteiger partial charge in [-0.15, -0.1) is 0 Å². The maximum Gasteiger partial charge on any atom is 1.00 e. The molecule has 0 bridgehead atoms. The number of ether oxygens (including phenoxy) is 2. The van der Waals surface area contributed by atoms with Crippen molar-refractivity contribution < 1.29 is 57.8 Å². The summed E-state index contributed by atoms with van der Waals surface area (Å²) in [5.41, 5.74) is 1.02. The minimum Gasteiger partial charge on any atom is -1.00 e. The Morgan fingerprint density at radius 2 is 2.00 bits per heavy atom. The normalized spacial score (nSPS) is 13.6. The Kier molecular flexibility index (Phi) is 9.71. The van der Waals surface area contributed by atoms with Crippen molar-refractivity contribution in [2.75, 3.05) is 13.2 Å². The fourth-order valence-corrected chi connectivity index (χ4v) is 3.94. The number of rotatable bonds is 9. The van der Waals surface area contributed by atoms with Gasteiger partial charge in [-0.25, -0.2) is 4.98 Å². The first-order valence-corrected chi connectivity index (χ1v) is 11.1. The molecule has 1 aromatic carbocycles. The molecule has 2 atom stereocenters. The van der Waals surface area contributed by atoms with Gasteiger partial charge in [0, 0.05) is 11.8 Å². The van der Waals surface area contributed by atoms with E-state index in [0.29, 0.717) is 30.2 Å². The number of hydrogen-bond acceptors (Lipinski definition) is 5. The van der Waals surface area contributed by atoms with Crippen LogP contribution in [0.2, 0.25) is 0 Å². The van der Waals surface area contributed by atoms with Crippen molar-refractivity contribution in [3.05, 3.63) is 47.3 Å². The number of imidazole rings is 1. The second kappa shape index (κ2) is 11.6. The zero-order valence-corrected chi connectivity index (χ0v) is 21.3. The molecule has 11 heteroatoms. The summed E-state index contributed by atoms with van der Waals surface area (Å²) in [7, 11) is -1.62. The molecule has 0 saturated carbocycles. The number of nitrogens with one attached hydrogen (secondary N) is 1. The monoisotopic (exact) mass is 479 g/mol. The zero-order valence-electron chi connectivity index (χ0n) is 19.5. The molecule has 0 spiro atoms. The van der Waals surface area contributed by atoms with Crippen LogP contribution in [0.5, 0.6) is 5.75 Å². The van der Waals surface area contributed by atoms with Gasteiger partial charge in [-0.2, -0.15) is 13.2 Å². The van der Waals surface area contributed by atoms with Crippen LogP contribution >= 0.6 is 0 Å². The van der Waals surface area contributed by atoms with Gasteiger partial charge in [0.05, 0.1) is 51.6 Å². The van der Waals surface area contributed by atoms with Gasteiger partial charge in [-0.05, 0) is 44.5 Å². The molecule has 170 valence electrons. The van der Waals surface area contributed by atoms with E-state index in [4.69, 9.17) is 9.47 Å². The maximum atomic E-state index is 12.9. The Morgan fingerprint density at radius 3 is 2.69 bits per heavy atom. The van der Waals surface area contributed by atoms with Crippen molar-refractivity contribution in [3.63, 3.8) is 0 Å². The van der Waals surface area contributed by atoms with E-state index in [1.165, 1.54) is 6.07 Å². The third kappa shape index (κ3) is 6.77. The second-order valence-electron chi connectivity index (χ2n) is 7.08. The molecule has 2 aromatic heterocycles. The standard InChI is InChI=1S/C21H24F3N3O3S.Na.H/c1-4-13(2)29-9-10-30-19-7-8-25-18(14(19)3)12-31(28)20-26-16-6-5-15(21(22,23)24)11-17(16)27-20;;/h5-8,11,13H,4,9-10,12H2,1-3H3,(H,26,27);;/q;+1;-1. The number of H-pyrrole nitrogens is 1. The number of nitrogens with zero attached hydrogens (tertiary/aromatic N) is 2. The molecular formula is C21H25F3N3NaO3S. The van der Waals surface area contributed by atoms with Gasteiger partial charge in [-0.3, -0.25) is 9.19 Å². The van der Waals surface area contributed by atoms with Crippen LogP contribution in [0.1, 0.15) is 38.5 Å². The number of aromatic amines is 1. The SMILES string of the molecule is CCC(C)OCCOc1ccnc(CS(=O)c2nc3ccc(C(F)(F)F)cc3[nH]2)c1C.[H-].[Na+]. The summed E-state index contributed by atoms with van der Waals surface area (Å²) in [6.07, 6.45) is -1.81. The minimum absolute atomic E-state index is 0. The molecule has 0 amide bonds. The summed E-state index contributed by atoms with van der Waals surface area (Å²) in [6.45, 7) is 6.69. The van der Waals surface area contributed by atoms with E-state index in [0.717, 1.165) is 24.1 Å². The molecular weight excluding hydrogens is 454 g/mol. The third-order valence-electron chi connectivity index (χ3n) is 4.85. The van der Waals surface area contributed by atoms with E-state index >= 15 is 0 Å².